The largest absolute Gasteiger partial charge is 0.440 e. The maximum absolute atomic E-state index is 11.3. The van der Waals surface area contributed by atoms with Crippen LogP contribution in [0.2, 0.25) is 0 Å². The number of hydrogen-bond donors (Lipinski definition) is 2. The van der Waals surface area contributed by atoms with E-state index in [1.807, 2.05) is 12.1 Å². The van der Waals surface area contributed by atoms with E-state index in [9.17, 15) is 4.79 Å². The van der Waals surface area contributed by atoms with Gasteiger partial charge in [-0.2, -0.15) is 0 Å². The highest BCUT2D eigenvalue weighted by atomic mass is 32.2. The number of hydrazine groups is 1. The van der Waals surface area contributed by atoms with Crippen molar-refractivity contribution in [2.24, 2.45) is 5.84 Å². The summed E-state index contributed by atoms with van der Waals surface area (Å²) in [6.45, 7) is 0. The van der Waals surface area contributed by atoms with Crippen molar-refractivity contribution in [1.82, 2.24) is 10.4 Å². The third kappa shape index (κ3) is 3.08. The standard InChI is InChI=1S/C11H11N3O2S/c12-14-10(15)9-3-1-2-8(6-9)7-17-11-13-4-5-16-11/h1-6H,7,12H2,(H,14,15). The average Bonchev–Trinajstić information content (AvgIpc) is 2.89. The minimum Gasteiger partial charge on any atom is -0.440 e. The van der Waals surface area contributed by atoms with E-state index in [-0.39, 0.29) is 5.91 Å². The SMILES string of the molecule is NNC(=O)c1cccc(CSc2ncco2)c1. The Balaban J connectivity index is 2.03. The molecule has 6 heteroatoms. The van der Waals surface area contributed by atoms with Crippen LogP contribution in [0.25, 0.3) is 0 Å². The number of carbonyl (C=O) groups is 1. The van der Waals surface area contributed by atoms with Crippen molar-refractivity contribution in [3.05, 3.63) is 47.9 Å². The minimum absolute atomic E-state index is 0.298. The van der Waals surface area contributed by atoms with Gasteiger partial charge in [-0.3, -0.25) is 10.2 Å². The number of nitrogen functional groups attached to an aromatic ring is 1. The van der Waals surface area contributed by atoms with Crippen molar-refractivity contribution in [2.75, 3.05) is 0 Å². The molecule has 0 radical (unpaired) electrons. The zero-order chi connectivity index (χ0) is 12.1. The van der Waals surface area contributed by atoms with Crippen LogP contribution < -0.4 is 11.3 Å². The molecule has 0 bridgehead atoms. The molecule has 1 amide bonds. The number of amides is 1. The van der Waals surface area contributed by atoms with Gasteiger partial charge < -0.3 is 4.42 Å². The molecule has 0 atom stereocenters. The van der Waals surface area contributed by atoms with E-state index in [1.165, 1.54) is 18.0 Å². The van der Waals surface area contributed by atoms with E-state index < -0.39 is 0 Å². The molecule has 0 unspecified atom stereocenters. The van der Waals surface area contributed by atoms with Gasteiger partial charge in [-0.15, -0.1) is 0 Å². The van der Waals surface area contributed by atoms with Crippen molar-refractivity contribution in [3.63, 3.8) is 0 Å². The summed E-state index contributed by atoms with van der Waals surface area (Å²) in [5.41, 5.74) is 3.65. The quantitative estimate of drug-likeness (QED) is 0.372. The Labute approximate surface area is 102 Å². The van der Waals surface area contributed by atoms with Crippen molar-refractivity contribution in [3.8, 4) is 0 Å². The first-order valence-corrected chi connectivity index (χ1v) is 5.90. The molecule has 1 heterocycles. The summed E-state index contributed by atoms with van der Waals surface area (Å²) < 4.78 is 5.11. The van der Waals surface area contributed by atoms with Crippen molar-refractivity contribution in [2.45, 2.75) is 11.0 Å². The summed E-state index contributed by atoms with van der Waals surface area (Å²) in [4.78, 5) is 15.3. The van der Waals surface area contributed by atoms with Crippen molar-refractivity contribution >= 4 is 17.7 Å². The lowest BCUT2D eigenvalue weighted by atomic mass is 10.1. The number of nitrogens with two attached hydrogens (primary N) is 1. The van der Waals surface area contributed by atoms with Crippen LogP contribution in [0.1, 0.15) is 15.9 Å². The van der Waals surface area contributed by atoms with Gasteiger partial charge in [-0.1, -0.05) is 23.9 Å². The zero-order valence-electron chi connectivity index (χ0n) is 8.92. The van der Waals surface area contributed by atoms with Gasteiger partial charge in [0.25, 0.3) is 11.1 Å². The summed E-state index contributed by atoms with van der Waals surface area (Å²) in [6.07, 6.45) is 3.13. The van der Waals surface area contributed by atoms with Gasteiger partial charge in [0.15, 0.2) is 0 Å². The number of aromatic nitrogens is 1. The second-order valence-corrected chi connectivity index (χ2v) is 4.19. The van der Waals surface area contributed by atoms with Crippen LogP contribution in [0.15, 0.2) is 46.4 Å². The maximum atomic E-state index is 11.3. The van der Waals surface area contributed by atoms with Gasteiger partial charge in [0.05, 0.1) is 6.20 Å². The number of nitrogens with zero attached hydrogens (tertiary/aromatic N) is 1. The molecule has 88 valence electrons. The topological polar surface area (TPSA) is 81.1 Å². The second kappa shape index (κ2) is 5.51. The molecule has 17 heavy (non-hydrogen) atoms. The van der Waals surface area contributed by atoms with E-state index in [4.69, 9.17) is 10.3 Å². The molecule has 0 aliphatic carbocycles. The zero-order valence-corrected chi connectivity index (χ0v) is 9.74. The molecular formula is C11H11N3O2S. The summed E-state index contributed by atoms with van der Waals surface area (Å²) >= 11 is 1.47. The minimum atomic E-state index is -0.298. The van der Waals surface area contributed by atoms with Gasteiger partial charge in [0, 0.05) is 11.3 Å². The van der Waals surface area contributed by atoms with Gasteiger partial charge in [0.1, 0.15) is 6.26 Å². The van der Waals surface area contributed by atoms with Crippen LogP contribution in [-0.2, 0) is 5.75 Å². The Bertz CT molecular complexity index is 499. The predicted molar refractivity (Wildman–Crippen MR) is 64.2 cm³/mol. The fourth-order valence-electron chi connectivity index (χ4n) is 1.31. The normalized spacial score (nSPS) is 10.2. The van der Waals surface area contributed by atoms with E-state index >= 15 is 0 Å². The predicted octanol–water partition coefficient (Wildman–Crippen LogP) is 1.57. The molecule has 2 rings (SSSR count). The van der Waals surface area contributed by atoms with Crippen molar-refractivity contribution < 1.29 is 9.21 Å². The Morgan fingerprint density at radius 1 is 1.53 bits per heavy atom. The molecule has 0 saturated carbocycles. The van der Waals surface area contributed by atoms with Gasteiger partial charge in [-0.05, 0) is 17.7 Å². The second-order valence-electron chi connectivity index (χ2n) is 3.26. The van der Waals surface area contributed by atoms with Gasteiger partial charge in [0.2, 0.25) is 0 Å². The monoisotopic (exact) mass is 249 g/mol. The third-order valence-corrected chi connectivity index (χ3v) is 3.02. The van der Waals surface area contributed by atoms with Gasteiger partial charge >= 0.3 is 0 Å². The first-order valence-electron chi connectivity index (χ1n) is 4.92. The number of oxazole rings is 1. The Morgan fingerprint density at radius 2 is 2.41 bits per heavy atom. The van der Waals surface area contributed by atoms with Crippen LogP contribution in [0.5, 0.6) is 0 Å². The first-order chi connectivity index (χ1) is 8.29. The highest BCUT2D eigenvalue weighted by Crippen LogP contribution is 2.21. The molecule has 2 aromatic rings. The third-order valence-electron chi connectivity index (χ3n) is 2.09. The van der Waals surface area contributed by atoms with Crippen LogP contribution in [0, 0.1) is 0 Å². The summed E-state index contributed by atoms with van der Waals surface area (Å²) in [5.74, 6) is 5.46. The van der Waals surface area contributed by atoms with Crippen LogP contribution in [0.3, 0.4) is 0 Å². The molecule has 0 aliphatic heterocycles. The number of benzene rings is 1. The molecular weight excluding hydrogens is 238 g/mol. The lowest BCUT2D eigenvalue weighted by Crippen LogP contribution is -2.29. The summed E-state index contributed by atoms with van der Waals surface area (Å²) in [5, 5.41) is 0.610. The van der Waals surface area contributed by atoms with Crippen LogP contribution in [0.4, 0.5) is 0 Å². The first kappa shape index (κ1) is 11.7. The lowest BCUT2D eigenvalue weighted by Gasteiger charge is -2.02. The fourth-order valence-corrected chi connectivity index (χ4v) is 2.04. The highest BCUT2D eigenvalue weighted by Gasteiger charge is 2.05. The van der Waals surface area contributed by atoms with Gasteiger partial charge in [-0.25, -0.2) is 10.8 Å². The number of nitrogens with one attached hydrogen (secondary N) is 1. The number of carbonyl (C=O) groups excluding carboxylic acids is 1. The maximum Gasteiger partial charge on any atom is 0.265 e. The highest BCUT2D eigenvalue weighted by molar-refractivity contribution is 7.98. The van der Waals surface area contributed by atoms with E-state index in [0.29, 0.717) is 16.5 Å². The molecule has 3 N–H and O–H groups in total. The van der Waals surface area contributed by atoms with E-state index in [2.05, 4.69) is 10.4 Å². The number of rotatable bonds is 4. The lowest BCUT2D eigenvalue weighted by molar-refractivity contribution is 0.0953. The smallest absolute Gasteiger partial charge is 0.265 e. The molecule has 1 aromatic heterocycles. The molecule has 0 aliphatic rings. The number of hydrogen-bond acceptors (Lipinski definition) is 5. The van der Waals surface area contributed by atoms with Crippen LogP contribution >= 0.6 is 11.8 Å². The average molecular weight is 249 g/mol. The van der Waals surface area contributed by atoms with E-state index in [0.717, 1.165) is 5.56 Å². The molecule has 0 saturated heterocycles. The molecule has 0 fully saturated rings. The molecule has 0 spiro atoms. The number of thioether (sulfide) groups is 1. The van der Waals surface area contributed by atoms with Crippen LogP contribution in [-0.4, -0.2) is 10.9 Å². The Hall–Kier alpha value is -1.79. The molecule has 1 aromatic carbocycles. The summed E-state index contributed by atoms with van der Waals surface area (Å²) in [7, 11) is 0. The fraction of sp³-hybridized carbons (Fsp3) is 0.0909. The molecule has 5 nitrogen and oxygen atoms in total. The Kier molecular flexibility index (Phi) is 3.79. The van der Waals surface area contributed by atoms with E-state index in [1.54, 1.807) is 18.3 Å². The Morgan fingerprint density at radius 3 is 3.12 bits per heavy atom. The van der Waals surface area contributed by atoms with Crippen molar-refractivity contribution in [1.29, 1.82) is 0 Å². The summed E-state index contributed by atoms with van der Waals surface area (Å²) in [6, 6.07) is 7.25.